The standard InChI is InChI=1S/C25H38N4O2/c1-2-12-27-15-17-29(18-16-27)25(31)22-11-10-21(26-24(30)20-8-7-9-20)19-23(22)28-13-5-3-4-6-14-28/h10-11,19-20H,2-9,12-18H2,1H3,(H,26,30). The predicted octanol–water partition coefficient (Wildman–Crippen LogP) is 3.97. The van der Waals surface area contributed by atoms with Gasteiger partial charge in [0.2, 0.25) is 5.91 Å². The average molecular weight is 427 g/mol. The molecule has 1 saturated carbocycles. The largest absolute Gasteiger partial charge is 0.371 e. The van der Waals surface area contributed by atoms with Crippen molar-refractivity contribution in [3.8, 4) is 0 Å². The van der Waals surface area contributed by atoms with E-state index in [1.165, 1.54) is 12.8 Å². The average Bonchev–Trinajstić information content (AvgIpc) is 3.02. The van der Waals surface area contributed by atoms with E-state index in [1.807, 2.05) is 23.1 Å². The number of nitrogens with zero attached hydrogens (tertiary/aromatic N) is 3. The SMILES string of the molecule is CCCN1CCN(C(=O)c2ccc(NC(=O)C3CCC3)cc2N2CCCCCC2)CC1. The molecule has 4 rings (SSSR count). The van der Waals surface area contributed by atoms with Crippen LogP contribution in [-0.4, -0.2) is 67.4 Å². The molecule has 2 amide bonds. The van der Waals surface area contributed by atoms with Crippen LogP contribution in [0.3, 0.4) is 0 Å². The van der Waals surface area contributed by atoms with Crippen LogP contribution in [0.4, 0.5) is 11.4 Å². The number of piperazine rings is 1. The molecule has 1 N–H and O–H groups in total. The lowest BCUT2D eigenvalue weighted by molar-refractivity contribution is -0.122. The topological polar surface area (TPSA) is 55.9 Å². The fraction of sp³-hybridized carbons (Fsp3) is 0.680. The first-order valence-corrected chi connectivity index (χ1v) is 12.4. The number of carbonyl (C=O) groups is 2. The first kappa shape index (κ1) is 22.1. The number of amides is 2. The third-order valence-electron chi connectivity index (χ3n) is 7.12. The van der Waals surface area contributed by atoms with Crippen molar-refractivity contribution in [1.29, 1.82) is 0 Å². The van der Waals surface area contributed by atoms with Crippen LogP contribution in [0.1, 0.15) is 68.6 Å². The molecule has 1 aromatic rings. The summed E-state index contributed by atoms with van der Waals surface area (Å²) in [4.78, 5) is 32.8. The zero-order chi connectivity index (χ0) is 21.6. The molecule has 2 heterocycles. The second kappa shape index (κ2) is 10.5. The molecule has 6 nitrogen and oxygen atoms in total. The van der Waals surface area contributed by atoms with Gasteiger partial charge in [0, 0.05) is 50.9 Å². The van der Waals surface area contributed by atoms with Gasteiger partial charge >= 0.3 is 0 Å². The van der Waals surface area contributed by atoms with Crippen LogP contribution in [0.15, 0.2) is 18.2 Å². The van der Waals surface area contributed by atoms with E-state index < -0.39 is 0 Å². The Balaban J connectivity index is 1.53. The Kier molecular flexibility index (Phi) is 7.49. The van der Waals surface area contributed by atoms with Crippen molar-refractivity contribution in [3.63, 3.8) is 0 Å². The number of rotatable bonds is 6. The normalized spacial score (nSPS) is 20.8. The second-order valence-corrected chi connectivity index (χ2v) is 9.38. The van der Waals surface area contributed by atoms with Gasteiger partial charge in [0.25, 0.3) is 5.91 Å². The molecule has 0 unspecified atom stereocenters. The van der Waals surface area contributed by atoms with Crippen molar-refractivity contribution in [3.05, 3.63) is 23.8 Å². The number of nitrogens with one attached hydrogen (secondary N) is 1. The van der Waals surface area contributed by atoms with Crippen LogP contribution in [-0.2, 0) is 4.79 Å². The molecule has 170 valence electrons. The van der Waals surface area contributed by atoms with E-state index in [0.717, 1.165) is 101 Å². The summed E-state index contributed by atoms with van der Waals surface area (Å²) >= 11 is 0. The van der Waals surface area contributed by atoms with Gasteiger partial charge in [-0.2, -0.15) is 0 Å². The molecule has 6 heteroatoms. The Bertz CT molecular complexity index is 761. The maximum Gasteiger partial charge on any atom is 0.256 e. The van der Waals surface area contributed by atoms with Crippen LogP contribution in [0.25, 0.3) is 0 Å². The number of carbonyl (C=O) groups excluding carboxylic acids is 2. The minimum absolute atomic E-state index is 0.124. The molecule has 3 fully saturated rings. The second-order valence-electron chi connectivity index (χ2n) is 9.38. The molecular weight excluding hydrogens is 388 g/mol. The number of anilines is 2. The van der Waals surface area contributed by atoms with Crippen LogP contribution in [0.2, 0.25) is 0 Å². The lowest BCUT2D eigenvalue weighted by atomic mass is 9.85. The Morgan fingerprint density at radius 3 is 2.26 bits per heavy atom. The van der Waals surface area contributed by atoms with Gasteiger partial charge in [-0.25, -0.2) is 0 Å². The zero-order valence-corrected chi connectivity index (χ0v) is 19.1. The van der Waals surface area contributed by atoms with Gasteiger partial charge < -0.3 is 15.1 Å². The first-order valence-electron chi connectivity index (χ1n) is 12.4. The molecule has 2 aliphatic heterocycles. The Hall–Kier alpha value is -2.08. The molecular formula is C25H38N4O2. The van der Waals surface area contributed by atoms with E-state index in [9.17, 15) is 9.59 Å². The highest BCUT2D eigenvalue weighted by atomic mass is 16.2. The highest BCUT2D eigenvalue weighted by Crippen LogP contribution is 2.31. The minimum Gasteiger partial charge on any atom is -0.371 e. The van der Waals surface area contributed by atoms with E-state index >= 15 is 0 Å². The van der Waals surface area contributed by atoms with Crippen molar-refractivity contribution < 1.29 is 9.59 Å². The highest BCUT2D eigenvalue weighted by Gasteiger charge is 2.28. The summed E-state index contributed by atoms with van der Waals surface area (Å²) in [5.41, 5.74) is 2.60. The van der Waals surface area contributed by atoms with E-state index in [-0.39, 0.29) is 17.7 Å². The summed E-state index contributed by atoms with van der Waals surface area (Å²) in [7, 11) is 0. The fourth-order valence-electron chi connectivity index (χ4n) is 4.94. The zero-order valence-electron chi connectivity index (χ0n) is 19.1. The molecule has 1 aliphatic carbocycles. The summed E-state index contributed by atoms with van der Waals surface area (Å²) in [5.74, 6) is 0.411. The Labute approximate surface area is 187 Å². The summed E-state index contributed by atoms with van der Waals surface area (Å²) in [6.45, 7) is 8.75. The van der Waals surface area contributed by atoms with Crippen LogP contribution in [0.5, 0.6) is 0 Å². The number of hydrogen-bond donors (Lipinski definition) is 1. The molecule has 0 bridgehead atoms. The maximum absolute atomic E-state index is 13.5. The van der Waals surface area contributed by atoms with Gasteiger partial charge in [-0.1, -0.05) is 26.2 Å². The third kappa shape index (κ3) is 5.40. The van der Waals surface area contributed by atoms with Crippen molar-refractivity contribution in [1.82, 2.24) is 9.80 Å². The molecule has 3 aliphatic rings. The molecule has 0 aromatic heterocycles. The highest BCUT2D eigenvalue weighted by molar-refractivity contribution is 6.02. The van der Waals surface area contributed by atoms with Crippen molar-refractivity contribution in [2.45, 2.75) is 58.3 Å². The van der Waals surface area contributed by atoms with E-state index in [2.05, 4.69) is 22.0 Å². The summed E-state index contributed by atoms with van der Waals surface area (Å²) < 4.78 is 0. The van der Waals surface area contributed by atoms with Crippen LogP contribution in [0, 0.1) is 5.92 Å². The quantitative estimate of drug-likeness (QED) is 0.748. The summed E-state index contributed by atoms with van der Waals surface area (Å²) in [6.07, 6.45) is 9.09. The van der Waals surface area contributed by atoms with E-state index in [1.54, 1.807) is 0 Å². The van der Waals surface area contributed by atoms with Crippen LogP contribution < -0.4 is 10.2 Å². The van der Waals surface area contributed by atoms with Crippen LogP contribution >= 0.6 is 0 Å². The van der Waals surface area contributed by atoms with E-state index in [4.69, 9.17) is 0 Å². The van der Waals surface area contributed by atoms with Crippen molar-refractivity contribution >= 4 is 23.2 Å². The molecule has 1 aromatic carbocycles. The minimum atomic E-state index is 0.124. The maximum atomic E-state index is 13.5. The van der Waals surface area contributed by atoms with Gasteiger partial charge in [-0.15, -0.1) is 0 Å². The first-order chi connectivity index (χ1) is 15.2. The van der Waals surface area contributed by atoms with E-state index in [0.29, 0.717) is 0 Å². The third-order valence-corrected chi connectivity index (χ3v) is 7.12. The Morgan fingerprint density at radius 2 is 1.65 bits per heavy atom. The van der Waals surface area contributed by atoms with Gasteiger partial charge in [-0.05, 0) is 56.8 Å². The summed E-state index contributed by atoms with van der Waals surface area (Å²) in [6, 6.07) is 5.90. The van der Waals surface area contributed by atoms with Crippen molar-refractivity contribution in [2.24, 2.45) is 5.92 Å². The molecule has 0 spiro atoms. The van der Waals surface area contributed by atoms with Gasteiger partial charge in [0.1, 0.15) is 0 Å². The number of benzene rings is 1. The summed E-state index contributed by atoms with van der Waals surface area (Å²) in [5, 5.41) is 3.11. The van der Waals surface area contributed by atoms with Gasteiger partial charge in [-0.3, -0.25) is 14.5 Å². The van der Waals surface area contributed by atoms with Gasteiger partial charge in [0.15, 0.2) is 0 Å². The Morgan fingerprint density at radius 1 is 0.935 bits per heavy atom. The molecule has 2 saturated heterocycles. The number of hydrogen-bond acceptors (Lipinski definition) is 4. The predicted molar refractivity (Wildman–Crippen MR) is 126 cm³/mol. The smallest absolute Gasteiger partial charge is 0.256 e. The molecule has 31 heavy (non-hydrogen) atoms. The molecule has 0 radical (unpaired) electrons. The lowest BCUT2D eigenvalue weighted by Crippen LogP contribution is -2.49. The monoisotopic (exact) mass is 426 g/mol. The lowest BCUT2D eigenvalue weighted by Gasteiger charge is -2.35. The van der Waals surface area contributed by atoms with Gasteiger partial charge in [0.05, 0.1) is 11.3 Å². The molecule has 0 atom stereocenters. The fourth-order valence-corrected chi connectivity index (χ4v) is 4.94. The van der Waals surface area contributed by atoms with Crippen molar-refractivity contribution in [2.75, 3.05) is 56.0 Å².